The average Bonchev–Trinajstić information content (AvgIpc) is 3.13. The van der Waals surface area contributed by atoms with E-state index in [4.69, 9.17) is 9.47 Å². The Morgan fingerprint density at radius 2 is 1.76 bits per heavy atom. The molecule has 0 aliphatic carbocycles. The lowest BCUT2D eigenvalue weighted by Crippen LogP contribution is -2.47. The van der Waals surface area contributed by atoms with Gasteiger partial charge < -0.3 is 14.8 Å². The Labute approximate surface area is 192 Å². The summed E-state index contributed by atoms with van der Waals surface area (Å²) < 4.78 is 41.4. The van der Waals surface area contributed by atoms with Gasteiger partial charge in [-0.1, -0.05) is 32.0 Å². The van der Waals surface area contributed by atoms with Crippen molar-refractivity contribution in [2.75, 3.05) is 18.5 Å². The second-order valence-electron chi connectivity index (χ2n) is 7.97. The van der Waals surface area contributed by atoms with Crippen molar-refractivity contribution in [3.8, 4) is 17.2 Å². The smallest absolute Gasteiger partial charge is 0.244 e. The molecule has 1 aliphatic heterocycles. The quantitative estimate of drug-likeness (QED) is 0.549. The molecular weight excluding hydrogens is 444 g/mol. The number of benzene rings is 2. The van der Waals surface area contributed by atoms with Crippen LogP contribution in [-0.2, 0) is 14.8 Å². The maximum Gasteiger partial charge on any atom is 0.244 e. The molecule has 3 aromatic rings. The first-order valence-corrected chi connectivity index (χ1v) is 12.2. The second-order valence-corrected chi connectivity index (χ2v) is 9.69. The van der Waals surface area contributed by atoms with Crippen molar-refractivity contribution >= 4 is 21.7 Å². The fraction of sp³-hybridized carbons (Fsp3) is 0.304. The van der Waals surface area contributed by atoms with Gasteiger partial charge in [-0.2, -0.15) is 9.82 Å². The molecular formula is C23H26N4O5S. The first-order valence-electron chi connectivity index (χ1n) is 10.7. The molecule has 2 heterocycles. The standard InChI is InChI=1S/C23H26N4O5S/c1-16(2)22(23(28)24-21-11-12-27(25-21)17-7-4-3-5-8-17)26-33(29,30)18-9-10-19-20(15-18)32-14-6-13-31-19/h3-5,7-12,15-16,22,26H,6,13-14H2,1-2H3,(H,24,25,28). The Morgan fingerprint density at radius 1 is 1.03 bits per heavy atom. The number of carbonyl (C=O) groups is 1. The summed E-state index contributed by atoms with van der Waals surface area (Å²) in [6, 6.07) is 14.5. The third-order valence-corrected chi connectivity index (χ3v) is 6.56. The van der Waals surface area contributed by atoms with Crippen LogP contribution in [0.1, 0.15) is 20.3 Å². The molecule has 0 fully saturated rings. The van der Waals surface area contributed by atoms with E-state index < -0.39 is 22.0 Å². The van der Waals surface area contributed by atoms with Crippen LogP contribution in [0, 0.1) is 5.92 Å². The van der Waals surface area contributed by atoms with Crippen LogP contribution in [0.2, 0.25) is 0 Å². The Bertz CT molecular complexity index is 1220. The predicted molar refractivity (Wildman–Crippen MR) is 123 cm³/mol. The molecule has 10 heteroatoms. The highest BCUT2D eigenvalue weighted by atomic mass is 32.2. The van der Waals surface area contributed by atoms with Crippen molar-refractivity contribution < 1.29 is 22.7 Å². The van der Waals surface area contributed by atoms with E-state index in [1.54, 1.807) is 36.9 Å². The Hall–Kier alpha value is -3.37. The molecule has 9 nitrogen and oxygen atoms in total. The molecule has 1 atom stereocenters. The van der Waals surface area contributed by atoms with Crippen LogP contribution in [0.3, 0.4) is 0 Å². The summed E-state index contributed by atoms with van der Waals surface area (Å²) in [7, 11) is -4.00. The zero-order valence-corrected chi connectivity index (χ0v) is 19.2. The summed E-state index contributed by atoms with van der Waals surface area (Å²) in [5.41, 5.74) is 0.841. The lowest BCUT2D eigenvalue weighted by molar-refractivity contribution is -0.118. The summed E-state index contributed by atoms with van der Waals surface area (Å²) in [6.07, 6.45) is 2.43. The van der Waals surface area contributed by atoms with Gasteiger partial charge >= 0.3 is 0 Å². The van der Waals surface area contributed by atoms with Crippen LogP contribution >= 0.6 is 0 Å². The fourth-order valence-electron chi connectivity index (χ4n) is 3.36. The third-order valence-electron chi connectivity index (χ3n) is 5.12. The van der Waals surface area contributed by atoms with E-state index in [0.29, 0.717) is 37.0 Å². The minimum absolute atomic E-state index is 0.00134. The molecule has 1 unspecified atom stereocenters. The maximum absolute atomic E-state index is 13.1. The molecule has 0 spiro atoms. The minimum atomic E-state index is -4.00. The third kappa shape index (κ3) is 5.35. The number of fused-ring (bicyclic) bond motifs is 1. The number of carbonyl (C=O) groups excluding carboxylic acids is 1. The number of aromatic nitrogens is 2. The number of rotatable bonds is 7. The Kier molecular flexibility index (Phi) is 6.66. The van der Waals surface area contributed by atoms with Gasteiger partial charge in [0.2, 0.25) is 15.9 Å². The number of para-hydroxylation sites is 1. The molecule has 33 heavy (non-hydrogen) atoms. The number of hydrogen-bond donors (Lipinski definition) is 2. The van der Waals surface area contributed by atoms with Crippen molar-refractivity contribution in [2.24, 2.45) is 5.92 Å². The molecule has 0 radical (unpaired) electrons. The molecule has 0 saturated carbocycles. The van der Waals surface area contributed by atoms with Crippen molar-refractivity contribution in [1.29, 1.82) is 0 Å². The van der Waals surface area contributed by atoms with Crippen LogP contribution in [0.25, 0.3) is 5.69 Å². The zero-order valence-electron chi connectivity index (χ0n) is 18.4. The molecule has 1 aromatic heterocycles. The summed E-state index contributed by atoms with van der Waals surface area (Å²) in [5, 5.41) is 7.05. The average molecular weight is 471 g/mol. The van der Waals surface area contributed by atoms with E-state index in [-0.39, 0.29) is 10.8 Å². The molecule has 2 N–H and O–H groups in total. The topological polar surface area (TPSA) is 112 Å². The fourth-order valence-corrected chi connectivity index (χ4v) is 4.72. The van der Waals surface area contributed by atoms with Gasteiger partial charge in [0.15, 0.2) is 17.3 Å². The van der Waals surface area contributed by atoms with Crippen molar-refractivity contribution in [3.63, 3.8) is 0 Å². The van der Waals surface area contributed by atoms with Crippen LogP contribution in [0.15, 0.2) is 65.7 Å². The highest BCUT2D eigenvalue weighted by Crippen LogP contribution is 2.32. The van der Waals surface area contributed by atoms with Gasteiger partial charge in [0.1, 0.15) is 6.04 Å². The SMILES string of the molecule is CC(C)C(NS(=O)(=O)c1ccc2c(c1)OCCCO2)C(=O)Nc1ccn(-c2ccccc2)n1. The highest BCUT2D eigenvalue weighted by Gasteiger charge is 2.29. The van der Waals surface area contributed by atoms with Gasteiger partial charge in [-0.15, -0.1) is 0 Å². The van der Waals surface area contributed by atoms with Gasteiger partial charge in [-0.3, -0.25) is 4.79 Å². The summed E-state index contributed by atoms with van der Waals surface area (Å²) >= 11 is 0. The molecule has 1 aliphatic rings. The minimum Gasteiger partial charge on any atom is -0.490 e. The van der Waals surface area contributed by atoms with Gasteiger partial charge in [0.25, 0.3) is 0 Å². The van der Waals surface area contributed by atoms with Crippen molar-refractivity contribution in [1.82, 2.24) is 14.5 Å². The van der Waals surface area contributed by atoms with E-state index in [0.717, 1.165) is 5.69 Å². The number of anilines is 1. The Morgan fingerprint density at radius 3 is 2.48 bits per heavy atom. The lowest BCUT2D eigenvalue weighted by atomic mass is 10.1. The summed E-state index contributed by atoms with van der Waals surface area (Å²) in [4.78, 5) is 13.0. The molecule has 1 amide bonds. The number of nitrogens with one attached hydrogen (secondary N) is 2. The summed E-state index contributed by atoms with van der Waals surface area (Å²) in [5.74, 6) is 0.382. The predicted octanol–water partition coefficient (Wildman–Crippen LogP) is 2.98. The van der Waals surface area contributed by atoms with Gasteiger partial charge in [0, 0.05) is 24.8 Å². The number of amides is 1. The van der Waals surface area contributed by atoms with E-state index in [1.165, 1.54) is 12.1 Å². The molecule has 0 saturated heterocycles. The molecule has 2 aromatic carbocycles. The largest absolute Gasteiger partial charge is 0.490 e. The summed E-state index contributed by atoms with van der Waals surface area (Å²) in [6.45, 7) is 4.48. The van der Waals surface area contributed by atoms with E-state index in [2.05, 4.69) is 15.1 Å². The number of hydrogen-bond acceptors (Lipinski definition) is 6. The van der Waals surface area contributed by atoms with E-state index in [1.807, 2.05) is 30.3 Å². The van der Waals surface area contributed by atoms with E-state index in [9.17, 15) is 13.2 Å². The zero-order chi connectivity index (χ0) is 23.4. The number of ether oxygens (including phenoxy) is 2. The van der Waals surface area contributed by atoms with Gasteiger partial charge in [0.05, 0.1) is 23.8 Å². The lowest BCUT2D eigenvalue weighted by Gasteiger charge is -2.21. The first kappa shape index (κ1) is 22.8. The van der Waals surface area contributed by atoms with E-state index >= 15 is 0 Å². The monoisotopic (exact) mass is 470 g/mol. The molecule has 174 valence electrons. The molecule has 0 bridgehead atoms. The first-order chi connectivity index (χ1) is 15.8. The highest BCUT2D eigenvalue weighted by molar-refractivity contribution is 7.89. The van der Waals surface area contributed by atoms with Gasteiger partial charge in [-0.05, 0) is 30.2 Å². The van der Waals surface area contributed by atoms with Crippen molar-refractivity contribution in [2.45, 2.75) is 31.2 Å². The second kappa shape index (κ2) is 9.63. The Balaban J connectivity index is 1.50. The van der Waals surface area contributed by atoms with Crippen LogP contribution in [0.4, 0.5) is 5.82 Å². The van der Waals surface area contributed by atoms with Crippen LogP contribution in [0.5, 0.6) is 11.5 Å². The van der Waals surface area contributed by atoms with Crippen LogP contribution in [-0.4, -0.2) is 43.4 Å². The van der Waals surface area contributed by atoms with Crippen LogP contribution < -0.4 is 19.5 Å². The molecule has 4 rings (SSSR count). The number of nitrogens with zero attached hydrogens (tertiary/aromatic N) is 2. The number of sulfonamides is 1. The van der Waals surface area contributed by atoms with Crippen molar-refractivity contribution in [3.05, 3.63) is 60.8 Å². The van der Waals surface area contributed by atoms with Gasteiger partial charge in [-0.25, -0.2) is 13.1 Å². The normalized spacial score (nSPS) is 14.5. The maximum atomic E-state index is 13.1.